The van der Waals surface area contributed by atoms with E-state index in [4.69, 9.17) is 4.74 Å². The highest BCUT2D eigenvalue weighted by atomic mass is 16.6. The number of aliphatic hydroxyl groups is 1. The molecule has 2 unspecified atom stereocenters. The Morgan fingerprint density at radius 1 is 0.972 bits per heavy atom. The summed E-state index contributed by atoms with van der Waals surface area (Å²) < 4.78 is 5.36. The Hall–Kier alpha value is -3.39. The van der Waals surface area contributed by atoms with Gasteiger partial charge in [0.1, 0.15) is 17.7 Å². The lowest BCUT2D eigenvalue weighted by Crippen LogP contribution is -2.55. The Balaban J connectivity index is 2.50. The standard InChI is InChI=1S/C28H39N3O5/c1-18(2)23(30-27(35)36-28(5,6)7)26(34)31(16-17-32)24(21-14-10-8-12-19(21)3)25(33)29-22-15-11-9-13-20(22)4/h8-15,18,23-24,32H,16-17H2,1-7H3,(H,29,33)(H,30,35). The minimum absolute atomic E-state index is 0.0990. The Morgan fingerprint density at radius 3 is 2.08 bits per heavy atom. The molecule has 8 heteroatoms. The maximum Gasteiger partial charge on any atom is 0.408 e. The van der Waals surface area contributed by atoms with Crippen molar-refractivity contribution in [1.29, 1.82) is 0 Å². The average Bonchev–Trinajstić information content (AvgIpc) is 2.78. The highest BCUT2D eigenvalue weighted by molar-refractivity contribution is 5.99. The smallest absolute Gasteiger partial charge is 0.408 e. The molecule has 2 rings (SSSR count). The monoisotopic (exact) mass is 497 g/mol. The number of benzene rings is 2. The molecular formula is C28H39N3O5. The van der Waals surface area contributed by atoms with Gasteiger partial charge < -0.3 is 25.4 Å². The summed E-state index contributed by atoms with van der Waals surface area (Å²) in [5.41, 5.74) is 2.21. The number of anilines is 1. The molecular weight excluding hydrogens is 458 g/mol. The molecule has 8 nitrogen and oxygen atoms in total. The molecule has 0 spiro atoms. The maximum atomic E-state index is 13.9. The van der Waals surface area contributed by atoms with Gasteiger partial charge in [-0.15, -0.1) is 0 Å². The van der Waals surface area contributed by atoms with Crippen molar-refractivity contribution in [3.8, 4) is 0 Å². The van der Waals surface area contributed by atoms with Gasteiger partial charge >= 0.3 is 6.09 Å². The van der Waals surface area contributed by atoms with E-state index < -0.39 is 35.6 Å². The molecule has 0 heterocycles. The second kappa shape index (κ2) is 12.5. The highest BCUT2D eigenvalue weighted by Gasteiger charge is 2.38. The van der Waals surface area contributed by atoms with Crippen LogP contribution in [0.5, 0.6) is 0 Å². The third-order valence-corrected chi connectivity index (χ3v) is 5.67. The molecule has 0 bridgehead atoms. The van der Waals surface area contributed by atoms with Crippen molar-refractivity contribution in [1.82, 2.24) is 10.2 Å². The number of hydrogen-bond acceptors (Lipinski definition) is 5. The van der Waals surface area contributed by atoms with Gasteiger partial charge in [0.05, 0.1) is 6.61 Å². The Labute approximate surface area is 214 Å². The van der Waals surface area contributed by atoms with Gasteiger partial charge in [0, 0.05) is 12.2 Å². The lowest BCUT2D eigenvalue weighted by atomic mass is 9.96. The van der Waals surface area contributed by atoms with E-state index in [1.807, 2.05) is 44.2 Å². The molecule has 0 aromatic heterocycles. The Kier molecular flexibility index (Phi) is 10.0. The zero-order valence-electron chi connectivity index (χ0n) is 22.3. The first-order valence-electron chi connectivity index (χ1n) is 12.2. The number of nitrogens with one attached hydrogen (secondary N) is 2. The first-order valence-corrected chi connectivity index (χ1v) is 12.2. The van der Waals surface area contributed by atoms with Gasteiger partial charge in [0.2, 0.25) is 5.91 Å². The van der Waals surface area contributed by atoms with E-state index in [0.29, 0.717) is 11.3 Å². The summed E-state index contributed by atoms with van der Waals surface area (Å²) in [7, 11) is 0. The van der Waals surface area contributed by atoms with Crippen LogP contribution in [-0.4, -0.2) is 52.7 Å². The first-order chi connectivity index (χ1) is 16.9. The maximum absolute atomic E-state index is 13.9. The number of hydrogen-bond donors (Lipinski definition) is 3. The van der Waals surface area contributed by atoms with Crippen LogP contribution < -0.4 is 10.6 Å². The van der Waals surface area contributed by atoms with E-state index in [9.17, 15) is 19.5 Å². The number of carbonyl (C=O) groups is 3. The summed E-state index contributed by atoms with van der Waals surface area (Å²) in [6.07, 6.45) is -0.727. The third kappa shape index (κ3) is 7.81. The number of ether oxygens (including phenoxy) is 1. The number of aryl methyl sites for hydroxylation is 2. The molecule has 0 saturated carbocycles. The fourth-order valence-corrected chi connectivity index (χ4v) is 3.86. The van der Waals surface area contributed by atoms with Gasteiger partial charge in [0.15, 0.2) is 0 Å². The van der Waals surface area contributed by atoms with Gasteiger partial charge in [-0.25, -0.2) is 4.79 Å². The highest BCUT2D eigenvalue weighted by Crippen LogP contribution is 2.28. The normalized spacial score (nSPS) is 13.0. The number of aliphatic hydroxyl groups excluding tert-OH is 1. The number of para-hydroxylation sites is 1. The lowest BCUT2D eigenvalue weighted by Gasteiger charge is -2.35. The number of rotatable bonds is 9. The van der Waals surface area contributed by atoms with Crippen LogP contribution in [0.3, 0.4) is 0 Å². The van der Waals surface area contributed by atoms with Crippen LogP contribution in [-0.2, 0) is 14.3 Å². The van der Waals surface area contributed by atoms with Crippen molar-refractivity contribution in [2.45, 2.75) is 66.2 Å². The van der Waals surface area contributed by atoms with Crippen LogP contribution in [0.4, 0.5) is 10.5 Å². The van der Waals surface area contributed by atoms with Crippen LogP contribution >= 0.6 is 0 Å². The van der Waals surface area contributed by atoms with Crippen LogP contribution in [0.1, 0.15) is 57.4 Å². The van der Waals surface area contributed by atoms with Gasteiger partial charge in [-0.05, 0) is 63.3 Å². The molecule has 2 atom stereocenters. The van der Waals surface area contributed by atoms with Crippen molar-refractivity contribution in [2.24, 2.45) is 5.92 Å². The summed E-state index contributed by atoms with van der Waals surface area (Å²) in [5, 5.41) is 15.5. The molecule has 0 saturated heterocycles. The Bertz CT molecular complexity index is 1060. The summed E-state index contributed by atoms with van der Waals surface area (Å²) >= 11 is 0. The van der Waals surface area contributed by atoms with E-state index in [1.54, 1.807) is 52.8 Å². The minimum atomic E-state index is -1.04. The molecule has 3 amide bonds. The number of amides is 3. The molecule has 2 aromatic rings. The molecule has 36 heavy (non-hydrogen) atoms. The molecule has 2 aromatic carbocycles. The van der Waals surface area contributed by atoms with Crippen molar-refractivity contribution < 1.29 is 24.2 Å². The zero-order valence-corrected chi connectivity index (χ0v) is 22.3. The van der Waals surface area contributed by atoms with E-state index in [1.165, 1.54) is 4.90 Å². The molecule has 0 aliphatic rings. The zero-order chi connectivity index (χ0) is 27.0. The predicted octanol–water partition coefficient (Wildman–Crippen LogP) is 4.35. The second-order valence-corrected chi connectivity index (χ2v) is 10.2. The number of carbonyl (C=O) groups excluding carboxylic acids is 3. The fourth-order valence-electron chi connectivity index (χ4n) is 3.86. The number of alkyl carbamates (subject to hydrolysis) is 1. The topological polar surface area (TPSA) is 108 Å². The van der Waals surface area contributed by atoms with E-state index in [-0.39, 0.29) is 19.1 Å². The van der Waals surface area contributed by atoms with Crippen LogP contribution in [0.15, 0.2) is 48.5 Å². The largest absolute Gasteiger partial charge is 0.444 e. The average molecular weight is 498 g/mol. The molecule has 0 radical (unpaired) electrons. The van der Waals surface area contributed by atoms with E-state index in [2.05, 4.69) is 10.6 Å². The molecule has 0 fully saturated rings. The third-order valence-electron chi connectivity index (χ3n) is 5.67. The summed E-state index contributed by atoms with van der Waals surface area (Å²) in [4.78, 5) is 41.5. The van der Waals surface area contributed by atoms with E-state index in [0.717, 1.165) is 11.1 Å². The molecule has 196 valence electrons. The van der Waals surface area contributed by atoms with Crippen molar-refractivity contribution in [3.63, 3.8) is 0 Å². The molecule has 0 aliphatic heterocycles. The van der Waals surface area contributed by atoms with Crippen molar-refractivity contribution in [2.75, 3.05) is 18.5 Å². The van der Waals surface area contributed by atoms with Crippen molar-refractivity contribution in [3.05, 3.63) is 65.2 Å². The van der Waals surface area contributed by atoms with E-state index >= 15 is 0 Å². The van der Waals surface area contributed by atoms with Crippen LogP contribution in [0.2, 0.25) is 0 Å². The van der Waals surface area contributed by atoms with Gasteiger partial charge in [0.25, 0.3) is 5.91 Å². The fraction of sp³-hybridized carbons (Fsp3) is 0.464. The van der Waals surface area contributed by atoms with Crippen LogP contribution in [0, 0.1) is 19.8 Å². The van der Waals surface area contributed by atoms with Crippen molar-refractivity contribution >= 4 is 23.6 Å². The van der Waals surface area contributed by atoms with Gasteiger partial charge in [-0.2, -0.15) is 0 Å². The SMILES string of the molecule is Cc1ccccc1NC(=O)C(c1ccccc1C)N(CCO)C(=O)C(NC(=O)OC(C)(C)C)C(C)C. The summed E-state index contributed by atoms with van der Waals surface area (Å²) in [5.74, 6) is -1.21. The predicted molar refractivity (Wildman–Crippen MR) is 141 cm³/mol. The lowest BCUT2D eigenvalue weighted by molar-refractivity contribution is -0.142. The summed E-state index contributed by atoms with van der Waals surface area (Å²) in [6, 6.07) is 12.7. The Morgan fingerprint density at radius 2 is 1.56 bits per heavy atom. The van der Waals surface area contributed by atoms with Gasteiger partial charge in [-0.1, -0.05) is 56.3 Å². The second-order valence-electron chi connectivity index (χ2n) is 10.2. The summed E-state index contributed by atoms with van der Waals surface area (Å²) in [6.45, 7) is 12.1. The number of nitrogens with zero attached hydrogens (tertiary/aromatic N) is 1. The quantitative estimate of drug-likeness (QED) is 0.477. The van der Waals surface area contributed by atoms with Gasteiger partial charge in [-0.3, -0.25) is 9.59 Å². The minimum Gasteiger partial charge on any atom is -0.444 e. The first kappa shape index (κ1) is 28.8. The molecule has 0 aliphatic carbocycles. The van der Waals surface area contributed by atoms with Crippen LogP contribution in [0.25, 0.3) is 0 Å². The molecule has 3 N–H and O–H groups in total.